The van der Waals surface area contributed by atoms with Crippen LogP contribution in [0.1, 0.15) is 36.0 Å². The van der Waals surface area contributed by atoms with Gasteiger partial charge in [0.2, 0.25) is 0 Å². The van der Waals surface area contributed by atoms with Crippen molar-refractivity contribution in [2.24, 2.45) is 5.92 Å². The van der Waals surface area contributed by atoms with Gasteiger partial charge in [-0.25, -0.2) is 4.39 Å². The summed E-state index contributed by atoms with van der Waals surface area (Å²) in [5, 5.41) is 21.1. The number of carbonyl (C=O) groups excluding carboxylic acids is 1. The van der Waals surface area contributed by atoms with Crippen molar-refractivity contribution in [1.82, 2.24) is 5.32 Å². The van der Waals surface area contributed by atoms with E-state index in [1.807, 2.05) is 0 Å². The molecule has 6 heteroatoms. The maximum Gasteiger partial charge on any atom is 0.306 e. The Labute approximate surface area is 115 Å². The highest BCUT2D eigenvalue weighted by atomic mass is 19.1. The summed E-state index contributed by atoms with van der Waals surface area (Å²) in [6.07, 6.45) is 2.28. The van der Waals surface area contributed by atoms with Crippen LogP contribution in [0.2, 0.25) is 0 Å². The molecular formula is C14H16FNO4. The zero-order chi connectivity index (χ0) is 14.7. The number of halogens is 1. The second-order valence-corrected chi connectivity index (χ2v) is 5.01. The Kier molecular flexibility index (Phi) is 4.22. The van der Waals surface area contributed by atoms with Gasteiger partial charge in [0.1, 0.15) is 17.1 Å². The van der Waals surface area contributed by atoms with Crippen LogP contribution in [0.15, 0.2) is 18.2 Å². The molecule has 2 unspecified atom stereocenters. The van der Waals surface area contributed by atoms with Crippen molar-refractivity contribution >= 4 is 11.9 Å². The van der Waals surface area contributed by atoms with Gasteiger partial charge in [-0.2, -0.15) is 0 Å². The van der Waals surface area contributed by atoms with Gasteiger partial charge < -0.3 is 15.5 Å². The molecule has 0 radical (unpaired) electrons. The van der Waals surface area contributed by atoms with Gasteiger partial charge in [-0.3, -0.25) is 9.59 Å². The first-order valence-corrected chi connectivity index (χ1v) is 6.50. The van der Waals surface area contributed by atoms with E-state index in [2.05, 4.69) is 5.32 Å². The molecule has 0 heterocycles. The molecule has 0 spiro atoms. The molecule has 1 amide bonds. The molecule has 20 heavy (non-hydrogen) atoms. The van der Waals surface area contributed by atoms with Crippen molar-refractivity contribution in [3.63, 3.8) is 0 Å². The number of benzene rings is 1. The smallest absolute Gasteiger partial charge is 0.306 e. The number of aromatic hydroxyl groups is 1. The van der Waals surface area contributed by atoms with Crippen LogP contribution >= 0.6 is 0 Å². The van der Waals surface area contributed by atoms with E-state index >= 15 is 0 Å². The Morgan fingerprint density at radius 3 is 2.70 bits per heavy atom. The Morgan fingerprint density at radius 1 is 1.30 bits per heavy atom. The molecule has 5 nitrogen and oxygen atoms in total. The summed E-state index contributed by atoms with van der Waals surface area (Å²) >= 11 is 0. The molecule has 1 aliphatic rings. The van der Waals surface area contributed by atoms with E-state index in [9.17, 15) is 19.1 Å². The summed E-state index contributed by atoms with van der Waals surface area (Å²) in [5.41, 5.74) is -0.398. The predicted molar refractivity (Wildman–Crippen MR) is 68.9 cm³/mol. The largest absolute Gasteiger partial charge is 0.507 e. The molecule has 1 fully saturated rings. The molecule has 108 valence electrons. The van der Waals surface area contributed by atoms with E-state index in [0.717, 1.165) is 6.07 Å². The molecule has 0 aliphatic heterocycles. The van der Waals surface area contributed by atoms with Gasteiger partial charge in [-0.15, -0.1) is 0 Å². The lowest BCUT2D eigenvalue weighted by Gasteiger charge is -2.27. The first-order valence-electron chi connectivity index (χ1n) is 6.50. The van der Waals surface area contributed by atoms with E-state index < -0.39 is 34.9 Å². The highest BCUT2D eigenvalue weighted by molar-refractivity contribution is 5.97. The molecule has 3 N–H and O–H groups in total. The quantitative estimate of drug-likeness (QED) is 0.789. The van der Waals surface area contributed by atoms with Crippen molar-refractivity contribution < 1.29 is 24.2 Å². The van der Waals surface area contributed by atoms with E-state index in [1.165, 1.54) is 12.1 Å². The van der Waals surface area contributed by atoms with Crippen molar-refractivity contribution in [2.75, 3.05) is 0 Å². The highest BCUT2D eigenvalue weighted by Gasteiger charge is 2.29. The van der Waals surface area contributed by atoms with Gasteiger partial charge in [0.15, 0.2) is 0 Å². The number of aliphatic carboxylic acids is 1. The van der Waals surface area contributed by atoms with Gasteiger partial charge >= 0.3 is 5.97 Å². The van der Waals surface area contributed by atoms with Crippen molar-refractivity contribution in [1.29, 1.82) is 0 Å². The molecule has 0 bridgehead atoms. The minimum atomic E-state index is -0.877. The predicted octanol–water partition coefficient (Wildman–Crippen LogP) is 1.90. The van der Waals surface area contributed by atoms with Gasteiger partial charge in [0, 0.05) is 6.04 Å². The van der Waals surface area contributed by atoms with Crippen LogP contribution in [0.25, 0.3) is 0 Å². The van der Waals surface area contributed by atoms with Crippen molar-refractivity contribution in [3.05, 3.63) is 29.6 Å². The molecule has 1 aromatic carbocycles. The zero-order valence-corrected chi connectivity index (χ0v) is 10.8. The van der Waals surface area contributed by atoms with Gasteiger partial charge in [0.25, 0.3) is 5.91 Å². The second-order valence-electron chi connectivity index (χ2n) is 5.01. The topological polar surface area (TPSA) is 86.6 Å². The molecule has 2 atom stereocenters. The van der Waals surface area contributed by atoms with Crippen LogP contribution in [0, 0.1) is 11.7 Å². The number of carboxylic acid groups (broad SMARTS) is 1. The number of carbonyl (C=O) groups is 2. The maximum atomic E-state index is 13.5. The minimum Gasteiger partial charge on any atom is -0.507 e. The fourth-order valence-electron chi connectivity index (χ4n) is 2.54. The number of carboxylic acids is 1. The minimum absolute atomic E-state index is 0.309. The van der Waals surface area contributed by atoms with Crippen LogP contribution in [0.3, 0.4) is 0 Å². The normalized spacial score (nSPS) is 22.2. The number of phenols is 1. The number of amides is 1. The van der Waals surface area contributed by atoms with Crippen LogP contribution in [-0.2, 0) is 4.79 Å². The van der Waals surface area contributed by atoms with E-state index in [-0.39, 0.29) is 6.04 Å². The number of rotatable bonds is 3. The monoisotopic (exact) mass is 281 g/mol. The average molecular weight is 281 g/mol. The van der Waals surface area contributed by atoms with E-state index in [1.54, 1.807) is 0 Å². The number of hydrogen-bond acceptors (Lipinski definition) is 3. The molecule has 1 saturated carbocycles. The van der Waals surface area contributed by atoms with E-state index in [0.29, 0.717) is 25.7 Å². The Bertz CT molecular complexity index is 512. The molecule has 1 aromatic rings. The molecule has 1 aliphatic carbocycles. The average Bonchev–Trinajstić information content (AvgIpc) is 2.38. The van der Waals surface area contributed by atoms with Crippen molar-refractivity contribution in [2.45, 2.75) is 31.7 Å². The lowest BCUT2D eigenvalue weighted by molar-refractivity contribution is -0.143. The third-order valence-corrected chi connectivity index (χ3v) is 3.58. The number of phenolic OH excluding ortho intramolecular Hbond substituents is 1. The molecular weight excluding hydrogens is 265 g/mol. The number of hydrogen-bond donors (Lipinski definition) is 3. The maximum absolute atomic E-state index is 13.5. The van der Waals surface area contributed by atoms with Gasteiger partial charge in [-0.05, 0) is 31.4 Å². The van der Waals surface area contributed by atoms with Gasteiger partial charge in [0.05, 0.1) is 5.92 Å². The van der Waals surface area contributed by atoms with Crippen LogP contribution in [0.4, 0.5) is 4.39 Å². The summed E-state index contributed by atoms with van der Waals surface area (Å²) in [4.78, 5) is 22.9. The first-order chi connectivity index (χ1) is 9.49. The third kappa shape index (κ3) is 3.07. The second kappa shape index (κ2) is 5.90. The standard InChI is InChI=1S/C14H16FNO4/c15-10-5-2-6-11(17)12(10)13(18)16-9-4-1-3-8(7-9)14(19)20/h2,5-6,8-9,17H,1,3-4,7H2,(H,16,18)(H,19,20). The fourth-order valence-corrected chi connectivity index (χ4v) is 2.54. The summed E-state index contributed by atoms with van der Waals surface area (Å²) in [6, 6.07) is 3.33. The Morgan fingerprint density at radius 2 is 2.05 bits per heavy atom. The highest BCUT2D eigenvalue weighted by Crippen LogP contribution is 2.26. The Hall–Kier alpha value is -2.11. The van der Waals surface area contributed by atoms with Crippen LogP contribution < -0.4 is 5.32 Å². The summed E-state index contributed by atoms with van der Waals surface area (Å²) in [7, 11) is 0. The lowest BCUT2D eigenvalue weighted by atomic mass is 9.85. The Balaban J connectivity index is 2.06. The molecule has 2 rings (SSSR count). The summed E-state index contributed by atoms with van der Waals surface area (Å²) < 4.78 is 13.5. The van der Waals surface area contributed by atoms with E-state index in [4.69, 9.17) is 5.11 Å². The summed E-state index contributed by atoms with van der Waals surface area (Å²) in [6.45, 7) is 0. The van der Waals surface area contributed by atoms with Gasteiger partial charge in [-0.1, -0.05) is 12.5 Å². The first kappa shape index (κ1) is 14.3. The molecule has 0 aromatic heterocycles. The number of nitrogens with one attached hydrogen (secondary N) is 1. The third-order valence-electron chi connectivity index (χ3n) is 3.58. The van der Waals surface area contributed by atoms with Crippen LogP contribution in [0.5, 0.6) is 5.75 Å². The SMILES string of the molecule is O=C(NC1CCCC(C(=O)O)C1)c1c(O)cccc1F. The zero-order valence-electron chi connectivity index (χ0n) is 10.8. The van der Waals surface area contributed by atoms with Crippen LogP contribution in [-0.4, -0.2) is 28.1 Å². The van der Waals surface area contributed by atoms with Crippen molar-refractivity contribution in [3.8, 4) is 5.75 Å². The molecule has 0 saturated heterocycles. The summed E-state index contributed by atoms with van der Waals surface area (Å²) in [5.74, 6) is -3.29. The lowest BCUT2D eigenvalue weighted by Crippen LogP contribution is -2.40. The fraction of sp³-hybridized carbons (Fsp3) is 0.429.